The van der Waals surface area contributed by atoms with Gasteiger partial charge >= 0.3 is 0 Å². The number of thioether (sulfide) groups is 1. The number of thiazole rings is 1. The highest BCUT2D eigenvalue weighted by Gasteiger charge is 2.19. The van der Waals surface area contributed by atoms with Crippen molar-refractivity contribution in [1.29, 1.82) is 0 Å². The SMILES string of the molecule is CC(=O)Nc1nc(Cc2nnc(SCC(=O)N/N=C/c3ccccc3)n2NC(=O)c2ccc(Cl)cc2)cs1. The molecule has 0 aliphatic rings. The van der Waals surface area contributed by atoms with Crippen molar-refractivity contribution in [3.63, 3.8) is 0 Å². The molecule has 14 heteroatoms. The fourth-order valence-corrected chi connectivity index (χ4v) is 4.61. The van der Waals surface area contributed by atoms with Crippen LogP contribution >= 0.6 is 34.7 Å². The second kappa shape index (κ2) is 12.9. The Kier molecular flexibility index (Phi) is 9.19. The Labute approximate surface area is 230 Å². The lowest BCUT2D eigenvalue weighted by atomic mass is 10.2. The lowest BCUT2D eigenvalue weighted by Gasteiger charge is -2.11. The Bertz CT molecular complexity index is 1460. The molecule has 0 bridgehead atoms. The maximum absolute atomic E-state index is 12.9. The van der Waals surface area contributed by atoms with E-state index in [2.05, 4.69) is 36.5 Å². The van der Waals surface area contributed by atoms with E-state index < -0.39 is 5.91 Å². The van der Waals surface area contributed by atoms with Gasteiger partial charge in [-0.2, -0.15) is 5.10 Å². The molecule has 0 atom stereocenters. The number of hydrazone groups is 1. The van der Waals surface area contributed by atoms with E-state index in [-0.39, 0.29) is 24.0 Å². The lowest BCUT2D eigenvalue weighted by molar-refractivity contribution is -0.118. The van der Waals surface area contributed by atoms with Crippen LogP contribution in [0.15, 0.2) is 70.2 Å². The van der Waals surface area contributed by atoms with E-state index in [1.165, 1.54) is 22.9 Å². The van der Waals surface area contributed by atoms with Crippen molar-refractivity contribution < 1.29 is 14.4 Å². The summed E-state index contributed by atoms with van der Waals surface area (Å²) in [7, 11) is 0. The average molecular weight is 569 g/mol. The van der Waals surface area contributed by atoms with Crippen molar-refractivity contribution in [3.05, 3.63) is 87.6 Å². The van der Waals surface area contributed by atoms with E-state index in [0.29, 0.717) is 32.4 Å². The minimum atomic E-state index is -0.418. The number of hydrogen-bond acceptors (Lipinski definition) is 9. The average Bonchev–Trinajstić information content (AvgIpc) is 3.50. The Balaban J connectivity index is 1.47. The minimum absolute atomic E-state index is 0.0234. The van der Waals surface area contributed by atoms with Gasteiger partial charge in [0.2, 0.25) is 11.1 Å². The van der Waals surface area contributed by atoms with Gasteiger partial charge < -0.3 is 5.32 Å². The topological polar surface area (TPSA) is 143 Å². The lowest BCUT2D eigenvalue weighted by Crippen LogP contribution is -2.26. The quantitative estimate of drug-likeness (QED) is 0.151. The molecule has 0 unspecified atom stereocenters. The van der Waals surface area contributed by atoms with E-state index >= 15 is 0 Å². The predicted octanol–water partition coefficient (Wildman–Crippen LogP) is 3.56. The van der Waals surface area contributed by atoms with Gasteiger partial charge in [-0.15, -0.1) is 21.5 Å². The largest absolute Gasteiger partial charge is 0.302 e. The molecule has 4 rings (SSSR count). The summed E-state index contributed by atoms with van der Waals surface area (Å²) in [5.41, 5.74) is 7.09. The molecule has 0 saturated carbocycles. The number of nitrogens with zero attached hydrogens (tertiary/aromatic N) is 5. The van der Waals surface area contributed by atoms with Gasteiger partial charge in [0.25, 0.3) is 11.8 Å². The normalized spacial score (nSPS) is 10.9. The molecule has 2 aromatic carbocycles. The Morgan fingerprint density at radius 1 is 1.11 bits per heavy atom. The van der Waals surface area contributed by atoms with Crippen LogP contribution in [0.3, 0.4) is 0 Å². The highest BCUT2D eigenvalue weighted by molar-refractivity contribution is 7.99. The molecule has 4 aromatic rings. The smallest absolute Gasteiger partial charge is 0.270 e. The Morgan fingerprint density at radius 3 is 2.61 bits per heavy atom. The molecule has 0 fully saturated rings. The maximum atomic E-state index is 12.9. The number of carbonyl (C=O) groups is 3. The van der Waals surface area contributed by atoms with E-state index in [4.69, 9.17) is 11.6 Å². The summed E-state index contributed by atoms with van der Waals surface area (Å²) in [6.07, 6.45) is 1.76. The van der Waals surface area contributed by atoms with Crippen LogP contribution in [0.5, 0.6) is 0 Å². The monoisotopic (exact) mass is 568 g/mol. The number of amides is 3. The third kappa shape index (κ3) is 7.71. The van der Waals surface area contributed by atoms with Crippen molar-refractivity contribution in [2.24, 2.45) is 5.10 Å². The number of rotatable bonds is 10. The molecule has 2 heterocycles. The summed E-state index contributed by atoms with van der Waals surface area (Å²) in [4.78, 5) is 40.9. The summed E-state index contributed by atoms with van der Waals surface area (Å²) in [5, 5.41) is 18.0. The minimum Gasteiger partial charge on any atom is -0.302 e. The summed E-state index contributed by atoms with van der Waals surface area (Å²) in [6.45, 7) is 1.40. The van der Waals surface area contributed by atoms with Gasteiger partial charge in [-0.05, 0) is 29.8 Å². The second-order valence-electron chi connectivity index (χ2n) is 7.68. The van der Waals surface area contributed by atoms with Crippen LogP contribution in [0.2, 0.25) is 5.02 Å². The Morgan fingerprint density at radius 2 is 1.87 bits per heavy atom. The molecule has 0 aliphatic carbocycles. The number of nitrogens with one attached hydrogen (secondary N) is 3. The molecular weight excluding hydrogens is 548 g/mol. The number of hydrogen-bond donors (Lipinski definition) is 3. The predicted molar refractivity (Wildman–Crippen MR) is 147 cm³/mol. The van der Waals surface area contributed by atoms with Crippen LogP contribution in [0.4, 0.5) is 5.13 Å². The summed E-state index contributed by atoms with van der Waals surface area (Å²) >= 11 is 8.28. The first-order chi connectivity index (χ1) is 18.4. The first kappa shape index (κ1) is 27.0. The molecule has 0 saturated heterocycles. The van der Waals surface area contributed by atoms with Crippen LogP contribution in [-0.2, 0) is 16.0 Å². The van der Waals surface area contributed by atoms with Crippen molar-refractivity contribution in [2.75, 3.05) is 16.5 Å². The molecule has 11 nitrogen and oxygen atoms in total. The number of halogens is 1. The van der Waals surface area contributed by atoms with Gasteiger partial charge in [-0.3, -0.25) is 19.8 Å². The third-order valence-electron chi connectivity index (χ3n) is 4.73. The van der Waals surface area contributed by atoms with Crippen LogP contribution in [0.25, 0.3) is 0 Å². The standard InChI is InChI=1S/C24H21ClN8O3S2/c1-15(34)27-23-28-19(13-37-23)11-20-29-31-24(33(20)32-22(36)17-7-9-18(25)10-8-17)38-14-21(35)30-26-12-16-5-3-2-4-6-16/h2-10,12-13H,11,14H2,1H3,(H,30,35)(H,32,36)(H,27,28,34)/b26-12+. The molecule has 0 aliphatic heterocycles. The van der Waals surface area contributed by atoms with Crippen LogP contribution in [0, 0.1) is 0 Å². The van der Waals surface area contributed by atoms with E-state index in [1.807, 2.05) is 30.3 Å². The zero-order chi connectivity index (χ0) is 26.9. The van der Waals surface area contributed by atoms with Crippen LogP contribution in [0.1, 0.15) is 34.4 Å². The third-order valence-corrected chi connectivity index (χ3v) is 6.72. The van der Waals surface area contributed by atoms with Gasteiger partial charge in [0.15, 0.2) is 11.0 Å². The summed E-state index contributed by atoms with van der Waals surface area (Å²) in [5.74, 6) is -0.642. The van der Waals surface area contributed by atoms with E-state index in [1.54, 1.807) is 35.9 Å². The number of aromatic nitrogens is 4. The van der Waals surface area contributed by atoms with E-state index in [9.17, 15) is 14.4 Å². The molecule has 194 valence electrons. The highest BCUT2D eigenvalue weighted by Crippen LogP contribution is 2.21. The second-order valence-corrected chi connectivity index (χ2v) is 9.91. The van der Waals surface area contributed by atoms with Gasteiger partial charge in [-0.25, -0.2) is 15.1 Å². The summed E-state index contributed by atoms with van der Waals surface area (Å²) in [6, 6.07) is 15.7. The molecule has 0 spiro atoms. The van der Waals surface area contributed by atoms with Crippen LogP contribution < -0.4 is 16.2 Å². The zero-order valence-corrected chi connectivity index (χ0v) is 22.3. The van der Waals surface area contributed by atoms with Crippen molar-refractivity contribution in [3.8, 4) is 0 Å². The number of carbonyl (C=O) groups excluding carboxylic acids is 3. The van der Waals surface area contributed by atoms with Gasteiger partial charge in [0.1, 0.15) is 0 Å². The first-order valence-corrected chi connectivity index (χ1v) is 13.3. The zero-order valence-electron chi connectivity index (χ0n) is 19.9. The maximum Gasteiger partial charge on any atom is 0.270 e. The molecule has 3 amide bonds. The number of benzene rings is 2. The molecule has 3 N–H and O–H groups in total. The Hall–Kier alpha value is -4.07. The van der Waals surface area contributed by atoms with Crippen LogP contribution in [-0.4, -0.2) is 49.5 Å². The van der Waals surface area contributed by atoms with Crippen molar-refractivity contribution >= 4 is 63.8 Å². The highest BCUT2D eigenvalue weighted by atomic mass is 35.5. The molecule has 38 heavy (non-hydrogen) atoms. The van der Waals surface area contributed by atoms with Crippen molar-refractivity contribution in [1.82, 2.24) is 25.3 Å². The summed E-state index contributed by atoms with van der Waals surface area (Å²) < 4.78 is 1.42. The molecule has 0 radical (unpaired) electrons. The fraction of sp³-hybridized carbons (Fsp3) is 0.125. The fourth-order valence-electron chi connectivity index (χ4n) is 3.03. The number of anilines is 1. The molecule has 2 aromatic heterocycles. The van der Waals surface area contributed by atoms with Gasteiger partial charge in [0.05, 0.1) is 24.1 Å². The molecular formula is C24H21ClN8O3S2. The van der Waals surface area contributed by atoms with Gasteiger partial charge in [0, 0.05) is 22.9 Å². The van der Waals surface area contributed by atoms with E-state index in [0.717, 1.165) is 17.3 Å². The van der Waals surface area contributed by atoms with Crippen molar-refractivity contribution in [2.45, 2.75) is 18.5 Å². The first-order valence-electron chi connectivity index (χ1n) is 11.1. The van der Waals surface area contributed by atoms with Gasteiger partial charge in [-0.1, -0.05) is 53.7 Å².